The van der Waals surface area contributed by atoms with Crippen LogP contribution in [0, 0.1) is 0 Å². The molecule has 2 heteroatoms. The van der Waals surface area contributed by atoms with Crippen LogP contribution in [0.5, 0.6) is 0 Å². The Labute approximate surface area is 181 Å². The minimum absolute atomic E-state index is 0.615. The fourth-order valence-corrected chi connectivity index (χ4v) is 3.87. The summed E-state index contributed by atoms with van der Waals surface area (Å²) in [4.78, 5) is 0. The lowest BCUT2D eigenvalue weighted by atomic mass is 9.93. The van der Waals surface area contributed by atoms with Crippen molar-refractivity contribution in [3.63, 3.8) is 0 Å². The van der Waals surface area contributed by atoms with E-state index in [4.69, 9.17) is 4.74 Å². The molecule has 0 atom stereocenters. The Morgan fingerprint density at radius 2 is 1.24 bits per heavy atom. The Morgan fingerprint density at radius 1 is 0.586 bits per heavy atom. The molecule has 4 rings (SSSR count). The van der Waals surface area contributed by atoms with Crippen LogP contribution in [0.3, 0.4) is 0 Å². The van der Waals surface area contributed by atoms with Crippen LogP contribution in [0.15, 0.2) is 108 Å². The van der Waals surface area contributed by atoms with E-state index in [1.54, 1.807) is 0 Å². The summed E-state index contributed by atoms with van der Waals surface area (Å²) in [6.45, 7) is 1.30. The second-order valence-electron chi connectivity index (χ2n) is 7.00. The molecule has 0 heterocycles. The molecule has 0 bridgehead atoms. The topological polar surface area (TPSA) is 9.23 Å². The van der Waals surface area contributed by atoms with E-state index in [0.29, 0.717) is 13.2 Å². The highest BCUT2D eigenvalue weighted by atomic mass is 79.9. The number of hydrogen-bond donors (Lipinski definition) is 0. The predicted molar refractivity (Wildman–Crippen MR) is 125 cm³/mol. The van der Waals surface area contributed by atoms with E-state index in [-0.39, 0.29) is 0 Å². The van der Waals surface area contributed by atoms with E-state index in [1.807, 2.05) is 12.1 Å². The van der Waals surface area contributed by atoms with Crippen molar-refractivity contribution in [1.29, 1.82) is 0 Å². The van der Waals surface area contributed by atoms with Crippen LogP contribution < -0.4 is 0 Å². The number of hydrogen-bond acceptors (Lipinski definition) is 1. The molecule has 4 aromatic rings. The molecule has 4 aromatic carbocycles. The maximum Gasteiger partial charge on any atom is 0.0727 e. The summed E-state index contributed by atoms with van der Waals surface area (Å²) >= 11 is 3.59. The van der Waals surface area contributed by atoms with Gasteiger partial charge in [-0.15, -0.1) is 0 Å². The van der Waals surface area contributed by atoms with Gasteiger partial charge in [-0.25, -0.2) is 0 Å². The van der Waals surface area contributed by atoms with Gasteiger partial charge in [0.15, 0.2) is 0 Å². The lowest BCUT2D eigenvalue weighted by Crippen LogP contribution is -2.01. The fourth-order valence-electron chi connectivity index (χ4n) is 3.47. The number of rotatable bonds is 7. The van der Waals surface area contributed by atoms with Crippen molar-refractivity contribution < 1.29 is 4.74 Å². The summed E-state index contributed by atoms with van der Waals surface area (Å²) in [6.07, 6.45) is 0.879. The number of benzene rings is 4. The Kier molecular flexibility index (Phi) is 6.56. The lowest BCUT2D eigenvalue weighted by Gasteiger charge is -2.13. The molecule has 0 amide bonds. The largest absolute Gasteiger partial charge is 0.376 e. The number of halogens is 1. The molecular weight excluding hydrogens is 420 g/mol. The minimum atomic E-state index is 0.615. The average Bonchev–Trinajstić information content (AvgIpc) is 2.79. The van der Waals surface area contributed by atoms with Crippen LogP contribution in [-0.2, 0) is 17.8 Å². The Hall–Kier alpha value is -2.68. The molecule has 144 valence electrons. The molecule has 0 radical (unpaired) electrons. The van der Waals surface area contributed by atoms with Crippen molar-refractivity contribution in [2.24, 2.45) is 0 Å². The minimum Gasteiger partial charge on any atom is -0.376 e. The zero-order chi connectivity index (χ0) is 19.9. The second kappa shape index (κ2) is 9.69. The molecule has 0 aliphatic carbocycles. The van der Waals surface area contributed by atoms with Crippen molar-refractivity contribution in [3.8, 4) is 22.3 Å². The van der Waals surface area contributed by atoms with Crippen LogP contribution >= 0.6 is 15.9 Å². The molecular formula is C27H23BrO. The molecule has 0 aliphatic rings. The molecule has 1 nitrogen and oxygen atoms in total. The quantitative estimate of drug-likeness (QED) is 0.268. The second-order valence-corrected chi connectivity index (χ2v) is 7.85. The molecule has 0 unspecified atom stereocenters. The van der Waals surface area contributed by atoms with E-state index < -0.39 is 0 Å². The predicted octanol–water partition coefficient (Wildman–Crippen LogP) is 7.54. The summed E-state index contributed by atoms with van der Waals surface area (Å²) in [6, 6.07) is 36.1. The van der Waals surface area contributed by atoms with Gasteiger partial charge in [0, 0.05) is 4.47 Å². The third-order valence-electron chi connectivity index (χ3n) is 5.03. The third-order valence-corrected chi connectivity index (χ3v) is 5.81. The summed E-state index contributed by atoms with van der Waals surface area (Å²) in [5.74, 6) is 0. The monoisotopic (exact) mass is 442 g/mol. The summed E-state index contributed by atoms with van der Waals surface area (Å²) < 4.78 is 7.07. The number of ether oxygens (including phenoxy) is 1. The van der Waals surface area contributed by atoms with Gasteiger partial charge in [-0.05, 0) is 51.9 Å². The standard InChI is InChI=1S/C27H23BrO/c28-27-14-8-7-13-25(27)20-29-18-17-23-15-16-24(21-9-3-1-4-10-21)19-26(23)22-11-5-2-6-12-22/h1-16,19H,17-18,20H2. The Morgan fingerprint density at radius 3 is 1.97 bits per heavy atom. The zero-order valence-corrected chi connectivity index (χ0v) is 17.8. The summed E-state index contributed by atoms with van der Waals surface area (Å²) in [5.41, 5.74) is 7.48. The first-order valence-corrected chi connectivity index (χ1v) is 10.7. The molecule has 0 aromatic heterocycles. The highest BCUT2D eigenvalue weighted by molar-refractivity contribution is 9.10. The highest BCUT2D eigenvalue weighted by Crippen LogP contribution is 2.30. The van der Waals surface area contributed by atoms with Gasteiger partial charge in [0.25, 0.3) is 0 Å². The molecule has 29 heavy (non-hydrogen) atoms. The fraction of sp³-hybridized carbons (Fsp3) is 0.111. The van der Waals surface area contributed by atoms with Gasteiger partial charge in [-0.2, -0.15) is 0 Å². The van der Waals surface area contributed by atoms with Gasteiger partial charge in [0.05, 0.1) is 13.2 Å². The van der Waals surface area contributed by atoms with Crippen LogP contribution in [0.1, 0.15) is 11.1 Å². The first-order chi connectivity index (χ1) is 14.3. The van der Waals surface area contributed by atoms with Gasteiger partial charge >= 0.3 is 0 Å². The van der Waals surface area contributed by atoms with E-state index in [0.717, 1.165) is 10.9 Å². The molecule has 0 saturated heterocycles. The van der Waals surface area contributed by atoms with Crippen molar-refractivity contribution in [3.05, 3.63) is 119 Å². The van der Waals surface area contributed by atoms with Gasteiger partial charge in [0.1, 0.15) is 0 Å². The van der Waals surface area contributed by atoms with Crippen molar-refractivity contribution in [2.45, 2.75) is 13.0 Å². The summed E-state index contributed by atoms with van der Waals surface area (Å²) in [7, 11) is 0. The SMILES string of the molecule is Brc1ccccc1COCCc1ccc(-c2ccccc2)cc1-c1ccccc1. The maximum atomic E-state index is 5.98. The molecule has 0 saturated carbocycles. The smallest absolute Gasteiger partial charge is 0.0727 e. The van der Waals surface area contributed by atoms with Crippen LogP contribution in [-0.4, -0.2) is 6.61 Å². The molecule has 0 aliphatic heterocycles. The van der Waals surface area contributed by atoms with Crippen LogP contribution in [0.4, 0.5) is 0 Å². The van der Waals surface area contributed by atoms with Gasteiger partial charge < -0.3 is 4.74 Å². The van der Waals surface area contributed by atoms with Crippen LogP contribution in [0.25, 0.3) is 22.3 Å². The molecule has 0 spiro atoms. The van der Waals surface area contributed by atoms with Gasteiger partial charge in [0.2, 0.25) is 0 Å². The van der Waals surface area contributed by atoms with E-state index in [2.05, 4.69) is 107 Å². The van der Waals surface area contributed by atoms with Crippen LogP contribution in [0.2, 0.25) is 0 Å². The highest BCUT2D eigenvalue weighted by Gasteiger charge is 2.08. The van der Waals surface area contributed by atoms with Gasteiger partial charge in [-0.3, -0.25) is 0 Å². The maximum absolute atomic E-state index is 5.98. The first kappa shape index (κ1) is 19.6. The Balaban J connectivity index is 1.53. The normalized spacial score (nSPS) is 10.8. The zero-order valence-electron chi connectivity index (χ0n) is 16.2. The average molecular weight is 443 g/mol. The van der Waals surface area contributed by atoms with E-state index in [1.165, 1.54) is 33.4 Å². The summed E-state index contributed by atoms with van der Waals surface area (Å²) in [5, 5.41) is 0. The van der Waals surface area contributed by atoms with Crippen molar-refractivity contribution in [2.75, 3.05) is 6.61 Å². The van der Waals surface area contributed by atoms with E-state index in [9.17, 15) is 0 Å². The third kappa shape index (κ3) is 5.03. The van der Waals surface area contributed by atoms with Gasteiger partial charge in [-0.1, -0.05) is 107 Å². The first-order valence-electron chi connectivity index (χ1n) is 9.86. The molecule has 0 N–H and O–H groups in total. The molecule has 0 fully saturated rings. The van der Waals surface area contributed by atoms with E-state index >= 15 is 0 Å². The van der Waals surface area contributed by atoms with Crippen molar-refractivity contribution in [1.82, 2.24) is 0 Å². The lowest BCUT2D eigenvalue weighted by molar-refractivity contribution is 0.123. The Bertz CT molecular complexity index is 1060. The van der Waals surface area contributed by atoms with Crippen molar-refractivity contribution >= 4 is 15.9 Å².